The molecule has 1 N–H and O–H groups in total. The Morgan fingerprint density at radius 1 is 1.30 bits per heavy atom. The van der Waals surface area contributed by atoms with E-state index in [0.29, 0.717) is 5.69 Å². The minimum atomic E-state index is -0.439. The third-order valence-corrected chi connectivity index (χ3v) is 3.43. The number of aromatic nitrogens is 2. The molecule has 1 heterocycles. The first-order valence-corrected chi connectivity index (χ1v) is 7.42. The van der Waals surface area contributed by atoms with Gasteiger partial charge in [-0.3, -0.25) is 10.2 Å². The number of ether oxygens (including phenoxy) is 1. The predicted molar refractivity (Wildman–Crippen MR) is 92.7 cm³/mol. The van der Waals surface area contributed by atoms with E-state index in [-0.39, 0.29) is 10.6 Å². The van der Waals surface area contributed by atoms with E-state index in [1.807, 2.05) is 45.0 Å². The first-order chi connectivity index (χ1) is 10.8. The number of methoxy groups -OCH3 is 1. The molecule has 0 spiro atoms. The highest BCUT2D eigenvalue weighted by Crippen LogP contribution is 2.18. The van der Waals surface area contributed by atoms with Gasteiger partial charge in [-0.05, 0) is 50.6 Å². The van der Waals surface area contributed by atoms with Crippen molar-refractivity contribution in [2.45, 2.75) is 26.3 Å². The maximum atomic E-state index is 12.2. The fraction of sp³-hybridized carbons (Fsp3) is 0.312. The van der Waals surface area contributed by atoms with E-state index in [1.54, 1.807) is 13.3 Å². The lowest BCUT2D eigenvalue weighted by molar-refractivity contribution is 0.338. The quantitative estimate of drug-likeness (QED) is 0.689. The van der Waals surface area contributed by atoms with Gasteiger partial charge in [0.2, 0.25) is 0 Å². The fourth-order valence-corrected chi connectivity index (χ4v) is 2.03. The van der Waals surface area contributed by atoms with Gasteiger partial charge in [-0.1, -0.05) is 11.6 Å². The second-order valence-electron chi connectivity index (χ2n) is 5.90. The van der Waals surface area contributed by atoms with E-state index in [4.69, 9.17) is 16.3 Å². The number of hydrogen-bond donors (Lipinski definition) is 1. The summed E-state index contributed by atoms with van der Waals surface area (Å²) < 4.78 is 6.43. The normalized spacial score (nSPS) is 11.7. The first kappa shape index (κ1) is 17.0. The molecule has 23 heavy (non-hydrogen) atoms. The Morgan fingerprint density at radius 3 is 2.52 bits per heavy atom. The van der Waals surface area contributed by atoms with Gasteiger partial charge in [-0.15, -0.1) is 0 Å². The van der Waals surface area contributed by atoms with Gasteiger partial charge in [-0.25, -0.2) is 4.68 Å². The molecule has 0 saturated carbocycles. The van der Waals surface area contributed by atoms with E-state index < -0.39 is 5.54 Å². The third-order valence-electron chi connectivity index (χ3n) is 3.07. The zero-order valence-corrected chi connectivity index (χ0v) is 14.3. The van der Waals surface area contributed by atoms with Crippen molar-refractivity contribution in [2.24, 2.45) is 5.10 Å². The number of hydrazone groups is 1. The number of nitrogens with zero attached hydrogens (tertiary/aromatic N) is 3. The second-order valence-corrected chi connectivity index (χ2v) is 6.28. The Kier molecular flexibility index (Phi) is 5.05. The molecule has 0 unspecified atom stereocenters. The van der Waals surface area contributed by atoms with Crippen LogP contribution in [0.3, 0.4) is 0 Å². The molecule has 0 saturated heterocycles. The number of nitrogens with one attached hydrogen (secondary N) is 1. The summed E-state index contributed by atoms with van der Waals surface area (Å²) >= 11 is 6.10. The van der Waals surface area contributed by atoms with Crippen molar-refractivity contribution >= 4 is 23.5 Å². The average Bonchev–Trinajstić information content (AvgIpc) is 2.51. The Morgan fingerprint density at radius 2 is 1.96 bits per heavy atom. The molecule has 6 nitrogen and oxygen atoms in total. The standard InChI is InChI=1S/C16H19ClN4O2/c1-16(2,3)21-15(22)14(17)13(10-19-21)20-18-9-11-5-7-12(23-4)8-6-11/h5-10,20H,1-4H3/b18-9-. The van der Waals surface area contributed by atoms with E-state index >= 15 is 0 Å². The molecule has 0 atom stereocenters. The minimum absolute atomic E-state index is 0.0572. The highest BCUT2D eigenvalue weighted by molar-refractivity contribution is 6.32. The molecule has 7 heteroatoms. The van der Waals surface area contributed by atoms with Crippen LogP contribution in [-0.2, 0) is 5.54 Å². The van der Waals surface area contributed by atoms with E-state index in [9.17, 15) is 4.79 Å². The number of benzene rings is 1. The van der Waals surface area contributed by atoms with Crippen LogP contribution >= 0.6 is 11.6 Å². The summed E-state index contributed by atoms with van der Waals surface area (Å²) in [6.07, 6.45) is 3.10. The van der Waals surface area contributed by atoms with Gasteiger partial charge in [-0.2, -0.15) is 10.2 Å². The minimum Gasteiger partial charge on any atom is -0.497 e. The molecule has 2 rings (SSSR count). The monoisotopic (exact) mass is 334 g/mol. The molecule has 0 amide bonds. The molecular formula is C16H19ClN4O2. The van der Waals surface area contributed by atoms with Crippen LogP contribution in [0.4, 0.5) is 5.69 Å². The zero-order valence-electron chi connectivity index (χ0n) is 13.5. The van der Waals surface area contributed by atoms with Gasteiger partial charge in [0.1, 0.15) is 16.5 Å². The van der Waals surface area contributed by atoms with Gasteiger partial charge in [0, 0.05) is 0 Å². The second kappa shape index (κ2) is 6.83. The number of anilines is 1. The topological polar surface area (TPSA) is 68.5 Å². The van der Waals surface area contributed by atoms with Gasteiger partial charge in [0.25, 0.3) is 5.56 Å². The average molecular weight is 335 g/mol. The summed E-state index contributed by atoms with van der Waals surface area (Å²) in [5.74, 6) is 0.771. The van der Waals surface area contributed by atoms with Crippen LogP contribution in [0, 0.1) is 0 Å². The number of hydrogen-bond acceptors (Lipinski definition) is 5. The molecule has 0 aliphatic rings. The molecule has 122 valence electrons. The lowest BCUT2D eigenvalue weighted by Gasteiger charge is -2.20. The Balaban J connectivity index is 2.16. The zero-order chi connectivity index (χ0) is 17.0. The lowest BCUT2D eigenvalue weighted by Crippen LogP contribution is -2.36. The van der Waals surface area contributed by atoms with Crippen molar-refractivity contribution in [2.75, 3.05) is 12.5 Å². The predicted octanol–water partition coefficient (Wildman–Crippen LogP) is 3.11. The van der Waals surface area contributed by atoms with Crippen LogP contribution in [-0.4, -0.2) is 23.1 Å². The van der Waals surface area contributed by atoms with Crippen LogP contribution in [0.25, 0.3) is 0 Å². The van der Waals surface area contributed by atoms with Crippen molar-refractivity contribution in [1.82, 2.24) is 9.78 Å². The highest BCUT2D eigenvalue weighted by atomic mass is 35.5. The van der Waals surface area contributed by atoms with Crippen molar-refractivity contribution in [1.29, 1.82) is 0 Å². The summed E-state index contributed by atoms with van der Waals surface area (Å²) in [7, 11) is 1.61. The number of halogens is 1. The summed E-state index contributed by atoms with van der Waals surface area (Å²) in [5, 5.41) is 8.26. The molecule has 2 aromatic rings. The van der Waals surface area contributed by atoms with E-state index in [0.717, 1.165) is 11.3 Å². The molecule has 0 fully saturated rings. The van der Waals surface area contributed by atoms with Crippen molar-refractivity contribution in [3.05, 3.63) is 51.4 Å². The van der Waals surface area contributed by atoms with Crippen LogP contribution < -0.4 is 15.7 Å². The van der Waals surface area contributed by atoms with Crippen LogP contribution in [0.15, 0.2) is 40.4 Å². The summed E-state index contributed by atoms with van der Waals surface area (Å²) in [6, 6.07) is 7.39. The van der Waals surface area contributed by atoms with E-state index in [2.05, 4.69) is 15.6 Å². The first-order valence-electron chi connectivity index (χ1n) is 7.04. The fourth-order valence-electron chi connectivity index (χ4n) is 1.85. The van der Waals surface area contributed by atoms with Crippen molar-refractivity contribution < 1.29 is 4.74 Å². The SMILES string of the molecule is COc1ccc(/C=N\Nc2cnn(C(C)(C)C)c(=O)c2Cl)cc1. The molecule has 0 bridgehead atoms. The summed E-state index contributed by atoms with van der Waals surface area (Å²) in [4.78, 5) is 12.2. The van der Waals surface area contributed by atoms with Crippen molar-refractivity contribution in [3.63, 3.8) is 0 Å². The Labute approximate surface area is 139 Å². The lowest BCUT2D eigenvalue weighted by atomic mass is 10.1. The molecule has 0 aliphatic heterocycles. The van der Waals surface area contributed by atoms with Crippen LogP contribution in [0.1, 0.15) is 26.3 Å². The van der Waals surface area contributed by atoms with Gasteiger partial charge in [0.15, 0.2) is 0 Å². The van der Waals surface area contributed by atoms with Gasteiger partial charge in [0.05, 0.1) is 25.1 Å². The Bertz CT molecular complexity index is 761. The molecule has 1 aromatic heterocycles. The van der Waals surface area contributed by atoms with E-state index in [1.165, 1.54) is 10.9 Å². The van der Waals surface area contributed by atoms with Gasteiger partial charge < -0.3 is 4.74 Å². The molecular weight excluding hydrogens is 316 g/mol. The maximum Gasteiger partial charge on any atom is 0.288 e. The maximum absolute atomic E-state index is 12.2. The summed E-state index contributed by atoms with van der Waals surface area (Å²) in [6.45, 7) is 5.64. The molecule has 0 aliphatic carbocycles. The smallest absolute Gasteiger partial charge is 0.288 e. The highest BCUT2D eigenvalue weighted by Gasteiger charge is 2.19. The van der Waals surface area contributed by atoms with Crippen molar-refractivity contribution in [3.8, 4) is 5.75 Å². The van der Waals surface area contributed by atoms with Crippen LogP contribution in [0.2, 0.25) is 5.02 Å². The number of rotatable bonds is 4. The largest absolute Gasteiger partial charge is 0.497 e. The third kappa shape index (κ3) is 4.10. The molecule has 0 radical (unpaired) electrons. The molecule has 1 aromatic carbocycles. The summed E-state index contributed by atoms with van der Waals surface area (Å²) in [5.41, 5.74) is 3.19. The van der Waals surface area contributed by atoms with Gasteiger partial charge >= 0.3 is 0 Å². The van der Waals surface area contributed by atoms with Crippen LogP contribution in [0.5, 0.6) is 5.75 Å². The Hall–Kier alpha value is -2.34.